The first-order valence-corrected chi connectivity index (χ1v) is 11.3. The molecule has 4 aliphatic rings. The van der Waals surface area contributed by atoms with Crippen LogP contribution in [0.1, 0.15) is 23.6 Å². The summed E-state index contributed by atoms with van der Waals surface area (Å²) in [5.41, 5.74) is 1.73. The second-order valence-electron chi connectivity index (χ2n) is 8.95. The molecule has 3 unspecified atom stereocenters. The molecule has 0 amide bonds. The maximum atomic E-state index is 10.9. The Hall–Kier alpha value is -2.58. The molecule has 7 atom stereocenters. The van der Waals surface area contributed by atoms with Gasteiger partial charge >= 0.3 is 0 Å². The van der Waals surface area contributed by atoms with Crippen molar-refractivity contribution in [2.45, 2.75) is 55.1 Å². The van der Waals surface area contributed by atoms with E-state index < -0.39 is 48.2 Å². The summed E-state index contributed by atoms with van der Waals surface area (Å²) in [7, 11) is 0. The topological polar surface area (TPSA) is 77.4 Å². The Morgan fingerprint density at radius 1 is 0.636 bits per heavy atom. The largest absolute Gasteiger partial charge is 0.387 e. The third-order valence-electron chi connectivity index (χ3n) is 6.90. The van der Waals surface area contributed by atoms with Crippen LogP contribution in [0.4, 0.5) is 0 Å². The summed E-state index contributed by atoms with van der Waals surface area (Å²) in [6.45, 7) is 1.66. The molecule has 6 heteroatoms. The van der Waals surface area contributed by atoms with Crippen molar-refractivity contribution < 1.29 is 29.2 Å². The molecule has 0 radical (unpaired) electrons. The molecule has 2 N–H and O–H groups in total. The molecule has 7 rings (SSSR count). The van der Waals surface area contributed by atoms with Crippen molar-refractivity contribution in [3.8, 4) is 0 Å². The zero-order valence-corrected chi connectivity index (χ0v) is 18.2. The normalized spacial score (nSPS) is 35.0. The Balaban J connectivity index is 1.54. The van der Waals surface area contributed by atoms with Crippen LogP contribution in [0.3, 0.4) is 0 Å². The maximum absolute atomic E-state index is 10.9. The molecule has 33 heavy (non-hydrogen) atoms. The molecule has 1 aliphatic carbocycles. The number of ether oxygens (including phenoxy) is 4. The molecule has 0 aromatic heterocycles. The number of rotatable bonds is 5. The van der Waals surface area contributed by atoms with Crippen LogP contribution < -0.4 is 0 Å². The minimum Gasteiger partial charge on any atom is -0.387 e. The molecule has 3 aliphatic heterocycles. The number of aliphatic hydroxyl groups excluding tert-OH is 2. The van der Waals surface area contributed by atoms with Gasteiger partial charge in [-0.1, -0.05) is 91.0 Å². The minimum atomic E-state index is -1.31. The van der Waals surface area contributed by atoms with E-state index in [1.54, 1.807) is 6.92 Å². The molecule has 3 heterocycles. The van der Waals surface area contributed by atoms with E-state index in [1.165, 1.54) is 0 Å². The van der Waals surface area contributed by atoms with Crippen LogP contribution in [0.15, 0.2) is 91.0 Å². The summed E-state index contributed by atoms with van der Waals surface area (Å²) >= 11 is 0. The van der Waals surface area contributed by atoms with Crippen molar-refractivity contribution in [2.24, 2.45) is 0 Å². The van der Waals surface area contributed by atoms with Gasteiger partial charge in [-0.15, -0.1) is 0 Å². The first-order chi connectivity index (χ1) is 16.0. The summed E-state index contributed by atoms with van der Waals surface area (Å²) in [4.78, 5) is 0. The van der Waals surface area contributed by atoms with Crippen LogP contribution in [0.5, 0.6) is 0 Å². The standard InChI is InChI=1S/C27H26O6/c1-26-30-22-20(28)23(31-26)25(24(32-26)21(22)29)33-27(17-11-5-2-6-12-17,18-13-7-3-8-14-18)19-15-9-4-10-16-19/h2-16,20-25,28-29H,1H3/t20-,21-,22?,23-,24+,25?,26?/m0/s1. The monoisotopic (exact) mass is 446 g/mol. The summed E-state index contributed by atoms with van der Waals surface area (Å²) in [5.74, 6) is -1.31. The molecule has 6 nitrogen and oxygen atoms in total. The quantitative estimate of drug-likeness (QED) is 0.587. The van der Waals surface area contributed by atoms with Crippen molar-refractivity contribution in [1.82, 2.24) is 0 Å². The molecule has 3 aromatic rings. The molecule has 3 saturated heterocycles. The molecule has 0 spiro atoms. The van der Waals surface area contributed by atoms with E-state index in [1.807, 2.05) is 91.0 Å². The number of benzene rings is 3. The van der Waals surface area contributed by atoms with Crippen LogP contribution in [-0.4, -0.2) is 52.8 Å². The Bertz CT molecular complexity index is 989. The molecule has 4 fully saturated rings. The number of hydrogen-bond acceptors (Lipinski definition) is 6. The van der Waals surface area contributed by atoms with E-state index >= 15 is 0 Å². The highest BCUT2D eigenvalue weighted by atomic mass is 16.9. The number of hydrogen-bond donors (Lipinski definition) is 2. The number of aliphatic hydroxyl groups is 2. The first-order valence-electron chi connectivity index (χ1n) is 11.3. The van der Waals surface area contributed by atoms with Crippen LogP contribution in [0.25, 0.3) is 0 Å². The van der Waals surface area contributed by atoms with Crippen LogP contribution in [0, 0.1) is 0 Å². The zero-order valence-electron chi connectivity index (χ0n) is 18.2. The minimum absolute atomic E-state index is 0.716. The summed E-state index contributed by atoms with van der Waals surface area (Å²) < 4.78 is 24.7. The van der Waals surface area contributed by atoms with Gasteiger partial charge in [-0.05, 0) is 16.7 Å². The summed E-state index contributed by atoms with van der Waals surface area (Å²) in [5, 5.41) is 21.9. The summed E-state index contributed by atoms with van der Waals surface area (Å²) in [6.07, 6.45) is -5.05. The highest BCUT2D eigenvalue weighted by Crippen LogP contribution is 2.50. The average Bonchev–Trinajstić information content (AvgIpc) is 2.86. The van der Waals surface area contributed by atoms with Crippen molar-refractivity contribution in [3.05, 3.63) is 108 Å². The van der Waals surface area contributed by atoms with E-state index in [0.29, 0.717) is 0 Å². The van der Waals surface area contributed by atoms with Gasteiger partial charge in [0.05, 0.1) is 0 Å². The lowest BCUT2D eigenvalue weighted by molar-refractivity contribution is -0.535. The third-order valence-corrected chi connectivity index (χ3v) is 6.90. The van der Waals surface area contributed by atoms with E-state index in [4.69, 9.17) is 18.9 Å². The summed E-state index contributed by atoms with van der Waals surface area (Å²) in [6, 6.07) is 29.9. The van der Waals surface area contributed by atoms with Gasteiger partial charge in [0.25, 0.3) is 5.97 Å². The molecule has 170 valence electrons. The van der Waals surface area contributed by atoms with E-state index in [0.717, 1.165) is 16.7 Å². The van der Waals surface area contributed by atoms with Crippen LogP contribution in [0.2, 0.25) is 0 Å². The second kappa shape index (κ2) is 7.74. The van der Waals surface area contributed by atoms with Crippen molar-refractivity contribution >= 4 is 0 Å². The van der Waals surface area contributed by atoms with Gasteiger partial charge in [0.1, 0.15) is 42.2 Å². The smallest absolute Gasteiger partial charge is 0.281 e. The molecular formula is C27H26O6. The zero-order chi connectivity index (χ0) is 22.6. The molecule has 3 aromatic carbocycles. The predicted octanol–water partition coefficient (Wildman–Crippen LogP) is 2.96. The Morgan fingerprint density at radius 3 is 1.39 bits per heavy atom. The van der Waals surface area contributed by atoms with Gasteiger partial charge < -0.3 is 29.2 Å². The lowest BCUT2D eigenvalue weighted by Crippen LogP contribution is -2.79. The Labute approximate surface area is 192 Å². The van der Waals surface area contributed by atoms with Gasteiger partial charge in [0.2, 0.25) is 0 Å². The maximum Gasteiger partial charge on any atom is 0.281 e. The lowest BCUT2D eigenvalue weighted by Gasteiger charge is -2.61. The Morgan fingerprint density at radius 2 is 1.00 bits per heavy atom. The fourth-order valence-corrected chi connectivity index (χ4v) is 5.45. The molecule has 1 saturated carbocycles. The lowest BCUT2D eigenvalue weighted by atomic mass is 9.77. The van der Waals surface area contributed by atoms with Gasteiger partial charge in [-0.2, -0.15) is 0 Å². The SMILES string of the molecule is CC12OC3[C@H](O)[C@H](O1)C(OC(c1ccccc1)(c1ccccc1)c1ccccc1)[C@H](O2)[C@H]3O. The first kappa shape index (κ1) is 21.0. The van der Waals surface area contributed by atoms with Gasteiger partial charge in [0, 0.05) is 6.92 Å². The average molecular weight is 446 g/mol. The van der Waals surface area contributed by atoms with Crippen LogP contribution in [-0.2, 0) is 24.5 Å². The predicted molar refractivity (Wildman–Crippen MR) is 119 cm³/mol. The van der Waals surface area contributed by atoms with E-state index in [9.17, 15) is 10.2 Å². The fourth-order valence-electron chi connectivity index (χ4n) is 5.45. The highest BCUT2D eigenvalue weighted by Gasteiger charge is 2.67. The second-order valence-corrected chi connectivity index (χ2v) is 8.95. The van der Waals surface area contributed by atoms with E-state index in [2.05, 4.69) is 0 Å². The third kappa shape index (κ3) is 3.18. The van der Waals surface area contributed by atoms with Gasteiger partial charge in [-0.25, -0.2) is 0 Å². The Kier molecular flexibility index (Phi) is 4.92. The molecular weight excluding hydrogens is 420 g/mol. The van der Waals surface area contributed by atoms with Crippen molar-refractivity contribution in [3.63, 3.8) is 0 Å². The van der Waals surface area contributed by atoms with Crippen molar-refractivity contribution in [2.75, 3.05) is 0 Å². The van der Waals surface area contributed by atoms with E-state index in [-0.39, 0.29) is 0 Å². The highest BCUT2D eigenvalue weighted by molar-refractivity contribution is 5.47. The molecule has 4 bridgehead atoms. The fraction of sp³-hybridized carbons (Fsp3) is 0.333. The van der Waals surface area contributed by atoms with Gasteiger partial charge in [-0.3, -0.25) is 0 Å². The van der Waals surface area contributed by atoms with Crippen LogP contribution >= 0.6 is 0 Å². The van der Waals surface area contributed by atoms with Gasteiger partial charge in [0.15, 0.2) is 0 Å². The van der Waals surface area contributed by atoms with Crippen molar-refractivity contribution in [1.29, 1.82) is 0 Å².